The van der Waals surface area contributed by atoms with E-state index in [9.17, 15) is 14.3 Å². The number of aromatic nitrogens is 8. The van der Waals surface area contributed by atoms with E-state index >= 15 is 4.39 Å². The summed E-state index contributed by atoms with van der Waals surface area (Å²) < 4.78 is 66.4. The van der Waals surface area contributed by atoms with Crippen LogP contribution >= 0.6 is 25.8 Å². The van der Waals surface area contributed by atoms with E-state index in [1.165, 1.54) is 12.7 Å². The van der Waals surface area contributed by atoms with Gasteiger partial charge in [-0.1, -0.05) is 12.2 Å². The molecule has 3 aliphatic rings. The van der Waals surface area contributed by atoms with Crippen LogP contribution in [-0.4, -0.2) is 87.7 Å². The van der Waals surface area contributed by atoms with Crippen molar-refractivity contribution in [2.75, 3.05) is 24.7 Å². The van der Waals surface area contributed by atoms with Gasteiger partial charge in [-0.05, 0) is 11.8 Å². The second kappa shape index (κ2) is 11.0. The molecule has 19 nitrogen and oxygen atoms in total. The number of H-pyrrole nitrogens is 1. The zero-order chi connectivity index (χ0) is 31.0. The highest BCUT2D eigenvalue weighted by Gasteiger charge is 2.51. The van der Waals surface area contributed by atoms with Crippen LogP contribution < -0.4 is 17.0 Å². The SMILES string of the molecule is Nc1nc2c(ncn2[C@@H]2O[C@@H]3COP(=O)(S)O[C@H]4C[C@H](n5cnc6c(N)ncnc65)OC4COP(O)(=S)O[C@H]3[C@H]2F)c(=O)[nH]1. The van der Waals surface area contributed by atoms with Gasteiger partial charge in [-0.3, -0.25) is 32.5 Å². The molecular formula is C20H23FN10O9P2S2. The number of nitrogen functional groups attached to an aromatic ring is 2. The summed E-state index contributed by atoms with van der Waals surface area (Å²) in [6.07, 6.45) is -5.11. The lowest BCUT2D eigenvalue weighted by molar-refractivity contribution is -0.0560. The van der Waals surface area contributed by atoms with E-state index in [0.29, 0.717) is 11.2 Å². The van der Waals surface area contributed by atoms with Crippen molar-refractivity contribution in [1.29, 1.82) is 0 Å². The summed E-state index contributed by atoms with van der Waals surface area (Å²) in [5, 5.41) is 0. The van der Waals surface area contributed by atoms with E-state index in [1.807, 2.05) is 0 Å². The van der Waals surface area contributed by atoms with Crippen LogP contribution in [0.15, 0.2) is 23.8 Å². The third kappa shape index (κ3) is 5.43. The first-order valence-electron chi connectivity index (χ1n) is 12.8. The highest BCUT2D eigenvalue weighted by molar-refractivity contribution is 8.44. The average Bonchev–Trinajstić information content (AvgIpc) is 3.72. The number of anilines is 2. The van der Waals surface area contributed by atoms with Gasteiger partial charge in [0.2, 0.25) is 5.95 Å². The normalized spacial score (nSPS) is 36.6. The van der Waals surface area contributed by atoms with Crippen LogP contribution in [0.3, 0.4) is 0 Å². The largest absolute Gasteiger partial charge is 0.386 e. The average molecular weight is 693 g/mol. The molecule has 0 bridgehead atoms. The smallest absolute Gasteiger partial charge is 0.382 e. The van der Waals surface area contributed by atoms with Crippen LogP contribution in [0.2, 0.25) is 0 Å². The molecule has 3 aliphatic heterocycles. The molecule has 3 fully saturated rings. The lowest BCUT2D eigenvalue weighted by Crippen LogP contribution is -2.35. The molecule has 0 saturated carbocycles. The molecule has 4 aromatic rings. The van der Waals surface area contributed by atoms with Crippen molar-refractivity contribution in [2.45, 2.75) is 49.5 Å². The summed E-state index contributed by atoms with van der Waals surface area (Å²) >= 11 is 9.30. The van der Waals surface area contributed by atoms with E-state index in [2.05, 4.69) is 42.2 Å². The molecule has 7 heterocycles. The lowest BCUT2D eigenvalue weighted by Gasteiger charge is -2.28. The Kier molecular flexibility index (Phi) is 7.53. The predicted molar refractivity (Wildman–Crippen MR) is 154 cm³/mol. The summed E-state index contributed by atoms with van der Waals surface area (Å²) in [4.78, 5) is 45.8. The monoisotopic (exact) mass is 692 g/mol. The maximum absolute atomic E-state index is 16.0. The fourth-order valence-electron chi connectivity index (χ4n) is 5.24. The zero-order valence-electron chi connectivity index (χ0n) is 22.0. The van der Waals surface area contributed by atoms with Crippen molar-refractivity contribution in [1.82, 2.24) is 39.0 Å². The van der Waals surface area contributed by atoms with Crippen LogP contribution in [-0.2, 0) is 43.9 Å². The van der Waals surface area contributed by atoms with Gasteiger partial charge in [0, 0.05) is 6.42 Å². The van der Waals surface area contributed by atoms with Gasteiger partial charge in [0.15, 0.2) is 35.0 Å². The van der Waals surface area contributed by atoms with Crippen molar-refractivity contribution in [3.8, 4) is 0 Å². The van der Waals surface area contributed by atoms with Gasteiger partial charge in [-0.2, -0.15) is 4.98 Å². The minimum Gasteiger partial charge on any atom is -0.382 e. The van der Waals surface area contributed by atoms with Crippen LogP contribution in [0, 0.1) is 0 Å². The highest BCUT2D eigenvalue weighted by atomic mass is 32.7. The number of ether oxygens (including phenoxy) is 2. The number of halogens is 1. The van der Waals surface area contributed by atoms with Gasteiger partial charge < -0.3 is 30.4 Å². The van der Waals surface area contributed by atoms with Gasteiger partial charge in [0.05, 0.1) is 25.9 Å². The molecule has 0 aliphatic carbocycles. The number of rotatable bonds is 2. The minimum atomic E-state index is -4.16. The molecule has 3 unspecified atom stereocenters. The van der Waals surface area contributed by atoms with E-state index in [1.54, 1.807) is 4.57 Å². The maximum atomic E-state index is 16.0. The Morgan fingerprint density at radius 3 is 2.59 bits per heavy atom. The van der Waals surface area contributed by atoms with E-state index in [0.717, 1.165) is 10.9 Å². The number of hydrogen-bond acceptors (Lipinski definition) is 16. The van der Waals surface area contributed by atoms with Gasteiger partial charge in [0.1, 0.15) is 42.5 Å². The Balaban J connectivity index is 1.15. The summed E-state index contributed by atoms with van der Waals surface area (Å²) in [5.41, 5.74) is 11.4. The molecular weight excluding hydrogens is 669 g/mol. The number of nitrogens with two attached hydrogens (primary N) is 2. The molecule has 6 N–H and O–H groups in total. The van der Waals surface area contributed by atoms with Crippen LogP contribution in [0.5, 0.6) is 0 Å². The molecule has 4 aromatic heterocycles. The molecule has 236 valence electrons. The zero-order valence-corrected chi connectivity index (χ0v) is 25.5. The van der Waals surface area contributed by atoms with Crippen molar-refractivity contribution in [3.05, 3.63) is 29.3 Å². The topological polar surface area (TPSA) is 252 Å². The number of nitrogens with zero attached hydrogens (tertiary/aromatic N) is 7. The molecule has 44 heavy (non-hydrogen) atoms. The fraction of sp³-hybridized carbons (Fsp3) is 0.500. The van der Waals surface area contributed by atoms with Crippen LogP contribution in [0.25, 0.3) is 22.3 Å². The number of alkyl halides is 1. The summed E-state index contributed by atoms with van der Waals surface area (Å²) in [7, 11) is 0. The van der Waals surface area contributed by atoms with Gasteiger partial charge in [0.25, 0.3) is 5.56 Å². The predicted octanol–water partition coefficient (Wildman–Crippen LogP) is 0.719. The minimum absolute atomic E-state index is 0.0700. The number of hydrogen-bond donors (Lipinski definition) is 5. The number of fused-ring (bicyclic) bond motifs is 4. The molecule has 24 heteroatoms. The van der Waals surface area contributed by atoms with E-state index in [4.69, 9.17) is 50.8 Å². The van der Waals surface area contributed by atoms with Crippen molar-refractivity contribution in [2.24, 2.45) is 0 Å². The first-order valence-corrected chi connectivity index (χ1v) is 18.1. The maximum Gasteiger partial charge on any atom is 0.386 e. The summed E-state index contributed by atoms with van der Waals surface area (Å²) in [6.45, 7) is -9.27. The Morgan fingerprint density at radius 2 is 1.77 bits per heavy atom. The van der Waals surface area contributed by atoms with E-state index < -0.39 is 75.3 Å². The molecule has 3 saturated heterocycles. The second-order valence-corrected chi connectivity index (χ2v) is 15.6. The van der Waals surface area contributed by atoms with Crippen LogP contribution in [0.4, 0.5) is 16.2 Å². The Hall–Kier alpha value is -2.62. The third-order valence-corrected chi connectivity index (χ3v) is 10.4. The molecule has 0 radical (unpaired) electrons. The second-order valence-electron chi connectivity index (χ2n) is 9.98. The summed E-state index contributed by atoms with van der Waals surface area (Å²) in [5.74, 6) is -0.0644. The van der Waals surface area contributed by atoms with Crippen molar-refractivity contribution >= 4 is 71.7 Å². The highest BCUT2D eigenvalue weighted by Crippen LogP contribution is 2.58. The number of thiol groups is 1. The third-order valence-electron chi connectivity index (χ3n) is 7.20. The molecule has 0 aromatic carbocycles. The molecule has 0 spiro atoms. The number of aromatic amines is 1. The summed E-state index contributed by atoms with van der Waals surface area (Å²) in [6, 6.07) is 0. The number of nitrogens with one attached hydrogen (secondary N) is 1. The van der Waals surface area contributed by atoms with Gasteiger partial charge >= 0.3 is 13.5 Å². The first-order chi connectivity index (χ1) is 20.9. The van der Waals surface area contributed by atoms with Gasteiger partial charge in [-0.25, -0.2) is 28.9 Å². The fourth-order valence-corrected chi connectivity index (χ4v) is 8.20. The molecule has 9 atom stereocenters. The van der Waals surface area contributed by atoms with Crippen LogP contribution in [0.1, 0.15) is 18.9 Å². The molecule has 0 amide bonds. The van der Waals surface area contributed by atoms with Gasteiger partial charge in [-0.15, -0.1) is 0 Å². The number of imidazole rings is 2. The van der Waals surface area contributed by atoms with Crippen molar-refractivity contribution in [3.63, 3.8) is 0 Å². The van der Waals surface area contributed by atoms with Crippen molar-refractivity contribution < 1.29 is 41.4 Å². The quantitative estimate of drug-likeness (QED) is 0.143. The molecule has 7 rings (SSSR count). The lowest BCUT2D eigenvalue weighted by atomic mass is 10.1. The Bertz CT molecular complexity index is 1910. The Morgan fingerprint density at radius 1 is 1.02 bits per heavy atom. The standard InChI is InChI=1S/C20H23FN10O9P2S2/c21-11-14-9(38-19(11)31-6-27-13-17(31)28-20(23)29-18(13)32)3-36-41(33,43)39-7-1-10(37-8(7)2-35-42(34,44)40-14)30-5-26-12-15(22)24-4-25-16(12)30/h4-11,14,19H,1-3H2,(H,33,43)(H,34,44)(H2,22,24,25)(H3,23,28,29,32)/t7-,8?,9+,10+,11+,14+,19+,41?,42?/m0/s1. The Labute approximate surface area is 255 Å². The van der Waals surface area contributed by atoms with E-state index in [-0.39, 0.29) is 29.4 Å². The first kappa shape index (κ1) is 30.1.